The van der Waals surface area contributed by atoms with Gasteiger partial charge in [-0.25, -0.2) is 0 Å². The highest BCUT2D eigenvalue weighted by atomic mass is 19.4. The van der Waals surface area contributed by atoms with Gasteiger partial charge in [-0.15, -0.1) is 0 Å². The van der Waals surface area contributed by atoms with E-state index in [0.29, 0.717) is 11.4 Å². The van der Waals surface area contributed by atoms with Crippen LogP contribution in [0.5, 0.6) is 5.75 Å². The van der Waals surface area contributed by atoms with E-state index in [1.165, 1.54) is 29.0 Å². The summed E-state index contributed by atoms with van der Waals surface area (Å²) in [5.41, 5.74) is 6.92. The Morgan fingerprint density at radius 2 is 1.96 bits per heavy atom. The number of hydrogen-bond donors (Lipinski definition) is 1. The topological polar surface area (TPSA) is 56.3 Å². The van der Waals surface area contributed by atoms with Gasteiger partial charge in [-0.05, 0) is 26.1 Å². The van der Waals surface area contributed by atoms with Crippen molar-refractivity contribution in [3.05, 3.63) is 42.2 Å². The molecule has 2 N–H and O–H groups in total. The molecule has 1 atom stereocenters. The third kappa shape index (κ3) is 5.16. The zero-order valence-electron chi connectivity index (χ0n) is 13.6. The number of ether oxygens (including phenoxy) is 1. The number of benzene rings is 1. The fraction of sp³-hybridized carbons (Fsp3) is 0.438. The lowest BCUT2D eigenvalue weighted by Crippen LogP contribution is -2.47. The molecule has 0 spiro atoms. The summed E-state index contributed by atoms with van der Waals surface area (Å²) in [4.78, 5) is 1.21. The van der Waals surface area contributed by atoms with Crippen molar-refractivity contribution in [2.45, 2.75) is 25.7 Å². The van der Waals surface area contributed by atoms with Gasteiger partial charge in [0.05, 0.1) is 18.4 Å². The lowest BCUT2D eigenvalue weighted by atomic mass is 10.2. The van der Waals surface area contributed by atoms with Crippen molar-refractivity contribution in [2.75, 3.05) is 25.9 Å². The maximum absolute atomic E-state index is 13.3. The maximum Gasteiger partial charge on any atom is 0.405 e. The number of rotatable bonds is 7. The predicted molar refractivity (Wildman–Crippen MR) is 85.8 cm³/mol. The lowest BCUT2D eigenvalue weighted by Gasteiger charge is -2.29. The van der Waals surface area contributed by atoms with Crippen LogP contribution < -0.4 is 10.5 Å². The van der Waals surface area contributed by atoms with Crippen LogP contribution in [0.15, 0.2) is 36.7 Å². The van der Waals surface area contributed by atoms with Gasteiger partial charge in [-0.3, -0.25) is 9.58 Å². The number of aryl methyl sites for hydroxylation is 1. The SMILES string of the molecule is Cc1ccc(OCCN(C)C(Cn2cc(N)cn2)C(F)(F)F)cc1. The van der Waals surface area contributed by atoms with Gasteiger partial charge in [-0.2, -0.15) is 18.3 Å². The van der Waals surface area contributed by atoms with Crippen LogP contribution in [0.2, 0.25) is 0 Å². The molecule has 132 valence electrons. The molecule has 0 saturated carbocycles. The first-order chi connectivity index (χ1) is 11.3. The number of likely N-dealkylation sites (N-methyl/N-ethyl adjacent to an activating group) is 1. The molecule has 0 amide bonds. The van der Waals surface area contributed by atoms with Gasteiger partial charge in [0, 0.05) is 12.7 Å². The first-order valence-electron chi connectivity index (χ1n) is 7.50. The fourth-order valence-electron chi connectivity index (χ4n) is 2.25. The number of nitrogens with zero attached hydrogens (tertiary/aromatic N) is 3. The molecule has 5 nitrogen and oxygen atoms in total. The van der Waals surface area contributed by atoms with E-state index < -0.39 is 12.2 Å². The van der Waals surface area contributed by atoms with Crippen LogP contribution in [0.25, 0.3) is 0 Å². The number of halogens is 3. The number of alkyl halides is 3. The molecule has 1 heterocycles. The second-order valence-corrected chi connectivity index (χ2v) is 5.70. The summed E-state index contributed by atoms with van der Waals surface area (Å²) in [7, 11) is 1.42. The van der Waals surface area contributed by atoms with Crippen LogP contribution >= 0.6 is 0 Å². The van der Waals surface area contributed by atoms with Crippen molar-refractivity contribution in [2.24, 2.45) is 0 Å². The van der Waals surface area contributed by atoms with Crippen molar-refractivity contribution >= 4 is 5.69 Å². The van der Waals surface area contributed by atoms with Crippen molar-refractivity contribution in [3.8, 4) is 5.75 Å². The molecule has 0 saturated heterocycles. The standard InChI is InChI=1S/C16H21F3N4O/c1-12-3-5-14(6-4-12)24-8-7-22(2)15(16(17,18)19)11-23-10-13(20)9-21-23/h3-6,9-10,15H,7-8,11,20H2,1-2H3. The van der Waals surface area contributed by atoms with Crippen molar-refractivity contribution in [1.29, 1.82) is 0 Å². The Hall–Kier alpha value is -2.22. The summed E-state index contributed by atoms with van der Waals surface area (Å²) in [5, 5.41) is 3.82. The largest absolute Gasteiger partial charge is 0.492 e. The summed E-state index contributed by atoms with van der Waals surface area (Å²) < 4.78 is 46.6. The minimum Gasteiger partial charge on any atom is -0.492 e. The van der Waals surface area contributed by atoms with Gasteiger partial charge >= 0.3 is 6.18 Å². The Kier molecular flexibility index (Phi) is 5.71. The second kappa shape index (κ2) is 7.57. The molecule has 0 fully saturated rings. The van der Waals surface area contributed by atoms with Crippen molar-refractivity contribution < 1.29 is 17.9 Å². The lowest BCUT2D eigenvalue weighted by molar-refractivity contribution is -0.185. The Labute approximate surface area is 138 Å². The van der Waals surface area contributed by atoms with Gasteiger partial charge < -0.3 is 10.5 Å². The third-order valence-electron chi connectivity index (χ3n) is 3.66. The molecule has 1 aromatic carbocycles. The summed E-state index contributed by atoms with van der Waals surface area (Å²) in [5.74, 6) is 0.636. The quantitative estimate of drug-likeness (QED) is 0.841. The average Bonchev–Trinajstić information content (AvgIpc) is 2.91. The molecule has 2 rings (SSSR count). The molecule has 24 heavy (non-hydrogen) atoms. The van der Waals surface area contributed by atoms with E-state index in [9.17, 15) is 13.2 Å². The summed E-state index contributed by atoms with van der Waals surface area (Å²) in [6, 6.07) is 5.70. The van der Waals surface area contributed by atoms with Crippen LogP contribution in [-0.2, 0) is 6.54 Å². The van der Waals surface area contributed by atoms with Crippen LogP contribution in [0.1, 0.15) is 5.56 Å². The third-order valence-corrected chi connectivity index (χ3v) is 3.66. The molecule has 1 aromatic heterocycles. The molecule has 0 aliphatic carbocycles. The van der Waals surface area contributed by atoms with E-state index in [1.807, 2.05) is 19.1 Å². The summed E-state index contributed by atoms with van der Waals surface area (Å²) >= 11 is 0. The summed E-state index contributed by atoms with van der Waals surface area (Å²) in [6.45, 7) is 1.93. The molecule has 1 unspecified atom stereocenters. The Morgan fingerprint density at radius 3 is 2.50 bits per heavy atom. The number of aromatic nitrogens is 2. The maximum atomic E-state index is 13.3. The zero-order chi connectivity index (χ0) is 17.7. The van der Waals surface area contributed by atoms with Gasteiger partial charge in [0.15, 0.2) is 0 Å². The number of hydrogen-bond acceptors (Lipinski definition) is 4. The molecule has 0 aliphatic rings. The van der Waals surface area contributed by atoms with Crippen molar-refractivity contribution in [1.82, 2.24) is 14.7 Å². The molecule has 0 bridgehead atoms. The minimum absolute atomic E-state index is 0.134. The Bertz CT molecular complexity index is 640. The van der Waals surface area contributed by atoms with Crippen LogP contribution in [0.3, 0.4) is 0 Å². The smallest absolute Gasteiger partial charge is 0.405 e. The van der Waals surface area contributed by atoms with E-state index in [1.54, 1.807) is 12.1 Å². The highest BCUT2D eigenvalue weighted by Gasteiger charge is 2.42. The normalized spacial score (nSPS) is 13.2. The highest BCUT2D eigenvalue weighted by Crippen LogP contribution is 2.25. The first-order valence-corrected chi connectivity index (χ1v) is 7.50. The molecule has 0 radical (unpaired) electrons. The van der Waals surface area contributed by atoms with Gasteiger partial charge in [0.1, 0.15) is 18.4 Å². The van der Waals surface area contributed by atoms with E-state index in [2.05, 4.69) is 5.10 Å². The van der Waals surface area contributed by atoms with Crippen LogP contribution in [-0.4, -0.2) is 47.1 Å². The van der Waals surface area contributed by atoms with Gasteiger partial charge in [-0.1, -0.05) is 17.7 Å². The second-order valence-electron chi connectivity index (χ2n) is 5.70. The van der Waals surface area contributed by atoms with Crippen LogP contribution in [0, 0.1) is 6.92 Å². The van der Waals surface area contributed by atoms with E-state index in [4.69, 9.17) is 10.5 Å². The number of nitrogens with two attached hydrogens (primary N) is 1. The summed E-state index contributed by atoms with van der Waals surface area (Å²) in [6.07, 6.45) is -1.66. The monoisotopic (exact) mass is 342 g/mol. The van der Waals surface area contributed by atoms with E-state index in [-0.39, 0.29) is 19.7 Å². The molecule has 8 heteroatoms. The van der Waals surface area contributed by atoms with Crippen LogP contribution in [0.4, 0.5) is 18.9 Å². The molecular formula is C16H21F3N4O. The van der Waals surface area contributed by atoms with Gasteiger partial charge in [0.2, 0.25) is 0 Å². The predicted octanol–water partition coefficient (Wildman–Crippen LogP) is 2.72. The number of anilines is 1. The Balaban J connectivity index is 1.92. The molecular weight excluding hydrogens is 321 g/mol. The Morgan fingerprint density at radius 1 is 1.29 bits per heavy atom. The van der Waals surface area contributed by atoms with E-state index >= 15 is 0 Å². The van der Waals surface area contributed by atoms with E-state index in [0.717, 1.165) is 5.56 Å². The first kappa shape index (κ1) is 18.1. The van der Waals surface area contributed by atoms with Gasteiger partial charge in [0.25, 0.3) is 0 Å². The highest BCUT2D eigenvalue weighted by molar-refractivity contribution is 5.30. The molecule has 0 aliphatic heterocycles. The minimum atomic E-state index is -4.38. The number of nitrogen functional groups attached to an aromatic ring is 1. The molecule has 2 aromatic rings. The van der Waals surface area contributed by atoms with Crippen molar-refractivity contribution in [3.63, 3.8) is 0 Å². The average molecular weight is 342 g/mol. The fourth-order valence-corrected chi connectivity index (χ4v) is 2.25. The zero-order valence-corrected chi connectivity index (χ0v) is 13.6.